The summed E-state index contributed by atoms with van der Waals surface area (Å²) in [5, 5.41) is 13.8. The summed E-state index contributed by atoms with van der Waals surface area (Å²) >= 11 is 0. The minimum Gasteiger partial charge on any atom is -0.507 e. The maximum atomic E-state index is 11.8. The Bertz CT molecular complexity index is 491. The monoisotopic (exact) mass is 267 g/mol. The van der Waals surface area contributed by atoms with Gasteiger partial charge in [-0.3, -0.25) is 0 Å². The zero-order valence-corrected chi connectivity index (χ0v) is 11.7. The molecule has 1 heterocycles. The van der Waals surface area contributed by atoms with E-state index in [4.69, 9.17) is 9.25 Å². The smallest absolute Gasteiger partial charge is 0.349 e. The van der Waals surface area contributed by atoms with Crippen LogP contribution in [0.4, 0.5) is 0 Å². The van der Waals surface area contributed by atoms with E-state index in [9.17, 15) is 9.90 Å². The second kappa shape index (κ2) is 7.61. The number of rotatable bonds is 7. The molecule has 1 rings (SSSR count). The van der Waals surface area contributed by atoms with Crippen LogP contribution in [0, 0.1) is 0 Å². The minimum atomic E-state index is -0.573. The average Bonchev–Trinajstić information content (AvgIpc) is 2.40. The van der Waals surface area contributed by atoms with E-state index in [1.807, 2.05) is 13.8 Å². The van der Waals surface area contributed by atoms with Gasteiger partial charge in [-0.2, -0.15) is 0 Å². The zero-order chi connectivity index (χ0) is 14.3. The van der Waals surface area contributed by atoms with Crippen LogP contribution in [0.2, 0.25) is 0 Å². The molecule has 0 atom stereocenters. The van der Waals surface area contributed by atoms with Crippen LogP contribution in [0.5, 0.6) is 5.75 Å². The molecule has 106 valence electrons. The molecule has 0 aliphatic carbocycles. The molecule has 0 aliphatic rings. The van der Waals surface area contributed by atoms with Gasteiger partial charge in [-0.25, -0.2) is 4.79 Å². The van der Waals surface area contributed by atoms with Gasteiger partial charge in [0.2, 0.25) is 0 Å². The van der Waals surface area contributed by atoms with Crippen LogP contribution in [0.3, 0.4) is 0 Å². The number of oxime groups is 1. The Kier molecular flexibility index (Phi) is 6.12. The van der Waals surface area contributed by atoms with E-state index in [0.29, 0.717) is 30.9 Å². The van der Waals surface area contributed by atoms with E-state index in [0.717, 1.165) is 12.8 Å². The van der Waals surface area contributed by atoms with Crippen molar-refractivity contribution in [3.8, 4) is 5.75 Å². The summed E-state index contributed by atoms with van der Waals surface area (Å²) in [6, 6.07) is 1.45. The number of aromatic hydroxyl groups is 1. The maximum absolute atomic E-state index is 11.8. The van der Waals surface area contributed by atoms with Gasteiger partial charge in [0, 0.05) is 12.5 Å². The van der Waals surface area contributed by atoms with Crippen LogP contribution in [0.1, 0.15) is 51.4 Å². The fourth-order valence-corrected chi connectivity index (χ4v) is 1.59. The Morgan fingerprint density at radius 3 is 2.68 bits per heavy atom. The van der Waals surface area contributed by atoms with Gasteiger partial charge in [0.1, 0.15) is 23.7 Å². The third kappa shape index (κ3) is 4.12. The SMILES string of the molecule is CCCCON=C(CC)c1c(O)cc(CC)oc1=O. The fourth-order valence-electron chi connectivity index (χ4n) is 1.59. The van der Waals surface area contributed by atoms with Crippen molar-refractivity contribution in [2.45, 2.75) is 46.5 Å². The van der Waals surface area contributed by atoms with Gasteiger partial charge in [-0.15, -0.1) is 0 Å². The van der Waals surface area contributed by atoms with Crippen molar-refractivity contribution in [3.63, 3.8) is 0 Å². The first-order chi connectivity index (χ1) is 9.13. The number of nitrogens with zero attached hydrogens (tertiary/aromatic N) is 1. The lowest BCUT2D eigenvalue weighted by molar-refractivity contribution is 0.140. The Morgan fingerprint density at radius 2 is 2.16 bits per heavy atom. The average molecular weight is 267 g/mol. The van der Waals surface area contributed by atoms with Crippen molar-refractivity contribution in [3.05, 3.63) is 27.8 Å². The van der Waals surface area contributed by atoms with Crippen LogP contribution in [0.25, 0.3) is 0 Å². The van der Waals surface area contributed by atoms with Gasteiger partial charge >= 0.3 is 5.63 Å². The zero-order valence-electron chi connectivity index (χ0n) is 11.7. The third-order valence-corrected chi connectivity index (χ3v) is 2.72. The molecule has 1 N–H and O–H groups in total. The van der Waals surface area contributed by atoms with E-state index in [-0.39, 0.29) is 11.3 Å². The first kappa shape index (κ1) is 15.3. The van der Waals surface area contributed by atoms with Gasteiger partial charge in [-0.05, 0) is 12.8 Å². The predicted octanol–water partition coefficient (Wildman–Crippen LogP) is 2.84. The fraction of sp³-hybridized carbons (Fsp3) is 0.571. The van der Waals surface area contributed by atoms with Gasteiger partial charge in [-0.1, -0.05) is 32.3 Å². The summed E-state index contributed by atoms with van der Waals surface area (Å²) in [6.07, 6.45) is 2.94. The summed E-state index contributed by atoms with van der Waals surface area (Å²) in [4.78, 5) is 17.0. The first-order valence-electron chi connectivity index (χ1n) is 6.69. The number of aryl methyl sites for hydroxylation is 1. The van der Waals surface area contributed by atoms with Crippen LogP contribution >= 0.6 is 0 Å². The van der Waals surface area contributed by atoms with Gasteiger partial charge < -0.3 is 14.4 Å². The lowest BCUT2D eigenvalue weighted by Gasteiger charge is -2.06. The summed E-state index contributed by atoms with van der Waals surface area (Å²) in [5.41, 5.74) is -0.0715. The largest absolute Gasteiger partial charge is 0.507 e. The predicted molar refractivity (Wildman–Crippen MR) is 73.7 cm³/mol. The molecule has 19 heavy (non-hydrogen) atoms. The first-order valence-corrected chi connectivity index (χ1v) is 6.69. The van der Waals surface area contributed by atoms with Crippen LogP contribution in [-0.4, -0.2) is 17.4 Å². The Morgan fingerprint density at radius 1 is 1.42 bits per heavy atom. The molecule has 0 saturated carbocycles. The van der Waals surface area contributed by atoms with Crippen molar-refractivity contribution in [2.75, 3.05) is 6.61 Å². The summed E-state index contributed by atoms with van der Waals surface area (Å²) in [6.45, 7) is 6.24. The topological polar surface area (TPSA) is 72.0 Å². The normalized spacial score (nSPS) is 11.6. The summed E-state index contributed by atoms with van der Waals surface area (Å²) in [5.74, 6) is 0.349. The van der Waals surface area contributed by atoms with Crippen molar-refractivity contribution in [2.24, 2.45) is 5.16 Å². The Hall–Kier alpha value is -1.78. The molecule has 0 radical (unpaired) electrons. The molecule has 1 aromatic rings. The van der Waals surface area contributed by atoms with E-state index in [2.05, 4.69) is 12.1 Å². The molecule has 0 aromatic carbocycles. The highest BCUT2D eigenvalue weighted by Gasteiger charge is 2.16. The number of unbranched alkanes of at least 4 members (excludes halogenated alkanes) is 1. The second-order valence-electron chi connectivity index (χ2n) is 4.19. The number of hydrogen-bond donors (Lipinski definition) is 1. The molecular weight excluding hydrogens is 246 g/mol. The Labute approximate surface area is 112 Å². The highest BCUT2D eigenvalue weighted by atomic mass is 16.6. The minimum absolute atomic E-state index is 0.0937. The lowest BCUT2D eigenvalue weighted by Crippen LogP contribution is -2.16. The Balaban J connectivity index is 3.01. The maximum Gasteiger partial charge on any atom is 0.349 e. The van der Waals surface area contributed by atoms with Crippen molar-refractivity contribution < 1.29 is 14.4 Å². The molecule has 0 fully saturated rings. The molecule has 0 aliphatic heterocycles. The number of hydrogen-bond acceptors (Lipinski definition) is 5. The van der Waals surface area contributed by atoms with Crippen LogP contribution in [-0.2, 0) is 11.3 Å². The van der Waals surface area contributed by atoms with Gasteiger partial charge in [0.25, 0.3) is 0 Å². The van der Waals surface area contributed by atoms with Crippen molar-refractivity contribution in [1.82, 2.24) is 0 Å². The molecule has 0 unspecified atom stereocenters. The summed E-state index contributed by atoms with van der Waals surface area (Å²) < 4.78 is 5.10. The van der Waals surface area contributed by atoms with Gasteiger partial charge in [0.15, 0.2) is 0 Å². The molecular formula is C14H21NO4. The van der Waals surface area contributed by atoms with E-state index in [1.165, 1.54) is 6.07 Å². The van der Waals surface area contributed by atoms with Crippen molar-refractivity contribution in [1.29, 1.82) is 0 Å². The van der Waals surface area contributed by atoms with E-state index >= 15 is 0 Å². The molecule has 0 saturated heterocycles. The molecule has 0 bridgehead atoms. The van der Waals surface area contributed by atoms with Crippen LogP contribution < -0.4 is 5.63 Å². The molecule has 5 nitrogen and oxygen atoms in total. The molecule has 0 amide bonds. The summed E-state index contributed by atoms with van der Waals surface area (Å²) in [7, 11) is 0. The lowest BCUT2D eigenvalue weighted by atomic mass is 10.1. The highest BCUT2D eigenvalue weighted by molar-refractivity contribution is 6.01. The van der Waals surface area contributed by atoms with E-state index < -0.39 is 5.63 Å². The quantitative estimate of drug-likeness (QED) is 0.468. The molecule has 0 spiro atoms. The molecule has 5 heteroatoms. The highest BCUT2D eigenvalue weighted by Crippen LogP contribution is 2.17. The standard InChI is InChI=1S/C14H21NO4/c1-4-7-8-18-15-11(6-3)13-12(16)9-10(5-2)19-14(13)17/h9,16H,4-8H2,1-3H3. The van der Waals surface area contributed by atoms with Crippen molar-refractivity contribution >= 4 is 5.71 Å². The van der Waals surface area contributed by atoms with E-state index in [1.54, 1.807) is 0 Å². The molecule has 1 aromatic heterocycles. The second-order valence-corrected chi connectivity index (χ2v) is 4.19. The third-order valence-electron chi connectivity index (χ3n) is 2.72. The van der Waals surface area contributed by atoms with Gasteiger partial charge in [0.05, 0.1) is 5.71 Å². The van der Waals surface area contributed by atoms with Crippen LogP contribution in [0.15, 0.2) is 20.4 Å².